The predicted molar refractivity (Wildman–Crippen MR) is 83.0 cm³/mol. The van der Waals surface area contributed by atoms with Crippen molar-refractivity contribution in [2.75, 3.05) is 0 Å². The molecule has 0 saturated heterocycles. The highest BCUT2D eigenvalue weighted by Gasteiger charge is 2.30. The molecule has 3 heteroatoms. The van der Waals surface area contributed by atoms with Gasteiger partial charge in [-0.3, -0.25) is 9.59 Å². The molecule has 0 heterocycles. The van der Waals surface area contributed by atoms with E-state index in [-0.39, 0.29) is 18.1 Å². The third-order valence-electron chi connectivity index (χ3n) is 3.47. The van der Waals surface area contributed by atoms with E-state index >= 15 is 0 Å². The molecule has 0 aliphatic carbocycles. The number of hydrogen-bond acceptors (Lipinski definition) is 2. The summed E-state index contributed by atoms with van der Waals surface area (Å²) in [5, 5.41) is 2.91. The number of Topliss-reactive ketones (excluding diaryl/α,β-unsaturated/α-hetero) is 1. The Labute approximate surface area is 125 Å². The van der Waals surface area contributed by atoms with Crippen LogP contribution in [0.4, 0.5) is 0 Å². The van der Waals surface area contributed by atoms with Gasteiger partial charge in [0.2, 0.25) is 5.91 Å². The van der Waals surface area contributed by atoms with Gasteiger partial charge in [0.15, 0.2) is 5.78 Å². The second-order valence-corrected chi connectivity index (χ2v) is 5.35. The first kappa shape index (κ1) is 15.0. The van der Waals surface area contributed by atoms with E-state index in [1.165, 1.54) is 6.92 Å². The number of carbonyl (C=O) groups is 2. The van der Waals surface area contributed by atoms with Crippen LogP contribution in [0.3, 0.4) is 0 Å². The third-order valence-corrected chi connectivity index (χ3v) is 3.47. The molecule has 108 valence electrons. The third kappa shape index (κ3) is 3.78. The van der Waals surface area contributed by atoms with Gasteiger partial charge >= 0.3 is 0 Å². The zero-order valence-electron chi connectivity index (χ0n) is 12.3. The van der Waals surface area contributed by atoms with Gasteiger partial charge in [0, 0.05) is 18.9 Å². The van der Waals surface area contributed by atoms with Crippen LogP contribution in [0.25, 0.3) is 0 Å². The molecule has 0 aliphatic rings. The zero-order valence-corrected chi connectivity index (χ0v) is 12.3. The summed E-state index contributed by atoms with van der Waals surface area (Å²) in [6.45, 7) is 3.35. The Bertz CT molecular complexity index is 622. The van der Waals surface area contributed by atoms with Crippen molar-refractivity contribution in [1.82, 2.24) is 5.32 Å². The maximum absolute atomic E-state index is 12.5. The average molecular weight is 281 g/mol. The fourth-order valence-corrected chi connectivity index (χ4v) is 2.46. The molecule has 3 nitrogen and oxygen atoms in total. The number of nitrogens with one attached hydrogen (secondary N) is 1. The van der Waals surface area contributed by atoms with Gasteiger partial charge in [-0.1, -0.05) is 60.7 Å². The van der Waals surface area contributed by atoms with Crippen LogP contribution in [-0.4, -0.2) is 11.7 Å². The smallest absolute Gasteiger partial charge is 0.217 e. The normalized spacial score (nSPS) is 13.2. The SMILES string of the molecule is CC(=O)N[C@@](C)(CC(=O)c1ccccc1)c1ccccc1. The summed E-state index contributed by atoms with van der Waals surface area (Å²) in [4.78, 5) is 24.0. The van der Waals surface area contributed by atoms with Crippen molar-refractivity contribution >= 4 is 11.7 Å². The molecule has 0 radical (unpaired) electrons. The molecule has 2 rings (SSSR count). The molecule has 1 amide bonds. The summed E-state index contributed by atoms with van der Waals surface area (Å²) < 4.78 is 0. The van der Waals surface area contributed by atoms with Crippen LogP contribution in [0.15, 0.2) is 60.7 Å². The van der Waals surface area contributed by atoms with Crippen molar-refractivity contribution in [1.29, 1.82) is 0 Å². The molecular formula is C18H19NO2. The first-order valence-electron chi connectivity index (χ1n) is 6.94. The van der Waals surface area contributed by atoms with Gasteiger partial charge in [-0.15, -0.1) is 0 Å². The quantitative estimate of drug-likeness (QED) is 0.855. The molecule has 1 N–H and O–H groups in total. The minimum Gasteiger partial charge on any atom is -0.347 e. The van der Waals surface area contributed by atoms with E-state index < -0.39 is 5.54 Å². The number of amides is 1. The van der Waals surface area contributed by atoms with Crippen LogP contribution in [0.5, 0.6) is 0 Å². The lowest BCUT2D eigenvalue weighted by molar-refractivity contribution is -0.120. The van der Waals surface area contributed by atoms with Gasteiger partial charge in [0.1, 0.15) is 0 Å². The van der Waals surface area contributed by atoms with Gasteiger partial charge in [0.25, 0.3) is 0 Å². The topological polar surface area (TPSA) is 46.2 Å². The van der Waals surface area contributed by atoms with Gasteiger partial charge < -0.3 is 5.32 Å². The molecule has 0 unspecified atom stereocenters. The first-order chi connectivity index (χ1) is 10.0. The Morgan fingerprint density at radius 3 is 2.00 bits per heavy atom. The number of rotatable bonds is 5. The number of benzene rings is 2. The van der Waals surface area contributed by atoms with Crippen molar-refractivity contribution < 1.29 is 9.59 Å². The van der Waals surface area contributed by atoms with Crippen LogP contribution in [0.2, 0.25) is 0 Å². The standard InChI is InChI=1S/C18H19NO2/c1-14(20)19-18(2,16-11-7-4-8-12-16)13-17(21)15-9-5-3-6-10-15/h3-12H,13H2,1-2H3,(H,19,20)/t18-/m0/s1. The number of ketones is 1. The molecule has 0 saturated carbocycles. The molecule has 2 aromatic carbocycles. The summed E-state index contributed by atoms with van der Waals surface area (Å²) >= 11 is 0. The van der Waals surface area contributed by atoms with E-state index in [1.54, 1.807) is 12.1 Å². The van der Waals surface area contributed by atoms with E-state index in [0.717, 1.165) is 5.56 Å². The Morgan fingerprint density at radius 1 is 0.952 bits per heavy atom. The van der Waals surface area contributed by atoms with E-state index in [2.05, 4.69) is 5.32 Å². The summed E-state index contributed by atoms with van der Waals surface area (Å²) in [7, 11) is 0. The highest BCUT2D eigenvalue weighted by atomic mass is 16.1. The Hall–Kier alpha value is -2.42. The fraction of sp³-hybridized carbons (Fsp3) is 0.222. The molecule has 2 aromatic rings. The monoisotopic (exact) mass is 281 g/mol. The second kappa shape index (κ2) is 6.35. The highest BCUT2D eigenvalue weighted by Crippen LogP contribution is 2.26. The zero-order chi connectivity index (χ0) is 15.3. The molecule has 0 fully saturated rings. The highest BCUT2D eigenvalue weighted by molar-refractivity contribution is 5.97. The maximum atomic E-state index is 12.5. The molecule has 0 aromatic heterocycles. The molecule has 0 spiro atoms. The largest absolute Gasteiger partial charge is 0.347 e. The maximum Gasteiger partial charge on any atom is 0.217 e. The first-order valence-corrected chi connectivity index (χ1v) is 6.94. The second-order valence-electron chi connectivity index (χ2n) is 5.35. The molecule has 1 atom stereocenters. The van der Waals surface area contributed by atoms with Crippen LogP contribution in [-0.2, 0) is 10.3 Å². The van der Waals surface area contributed by atoms with Gasteiger partial charge in [-0.2, -0.15) is 0 Å². The Balaban J connectivity index is 2.29. The number of hydrogen-bond donors (Lipinski definition) is 1. The van der Waals surface area contributed by atoms with Crippen LogP contribution >= 0.6 is 0 Å². The molecule has 0 aliphatic heterocycles. The van der Waals surface area contributed by atoms with E-state index in [0.29, 0.717) is 5.56 Å². The summed E-state index contributed by atoms with van der Waals surface area (Å²) in [6.07, 6.45) is 0.223. The van der Waals surface area contributed by atoms with E-state index in [9.17, 15) is 9.59 Å². The Morgan fingerprint density at radius 2 is 1.48 bits per heavy atom. The van der Waals surface area contributed by atoms with E-state index in [4.69, 9.17) is 0 Å². The summed E-state index contributed by atoms with van der Waals surface area (Å²) in [5.41, 5.74) is 0.870. The lowest BCUT2D eigenvalue weighted by Crippen LogP contribution is -2.44. The summed E-state index contributed by atoms with van der Waals surface area (Å²) in [6, 6.07) is 18.7. The van der Waals surface area contributed by atoms with Crippen molar-refractivity contribution in [3.8, 4) is 0 Å². The lowest BCUT2D eigenvalue weighted by atomic mass is 9.85. The van der Waals surface area contributed by atoms with Crippen molar-refractivity contribution in [2.24, 2.45) is 0 Å². The average Bonchev–Trinajstić information content (AvgIpc) is 2.48. The molecule has 0 bridgehead atoms. The van der Waals surface area contributed by atoms with Crippen LogP contribution < -0.4 is 5.32 Å². The van der Waals surface area contributed by atoms with Crippen LogP contribution in [0, 0.1) is 0 Å². The minimum atomic E-state index is -0.708. The van der Waals surface area contributed by atoms with Gasteiger partial charge in [-0.05, 0) is 12.5 Å². The van der Waals surface area contributed by atoms with Crippen molar-refractivity contribution in [3.05, 3.63) is 71.8 Å². The molecule has 21 heavy (non-hydrogen) atoms. The molecular weight excluding hydrogens is 262 g/mol. The van der Waals surface area contributed by atoms with Crippen molar-refractivity contribution in [2.45, 2.75) is 25.8 Å². The van der Waals surface area contributed by atoms with Gasteiger partial charge in [0.05, 0.1) is 5.54 Å². The summed E-state index contributed by atoms with van der Waals surface area (Å²) in [5.74, 6) is -0.141. The van der Waals surface area contributed by atoms with Crippen molar-refractivity contribution in [3.63, 3.8) is 0 Å². The lowest BCUT2D eigenvalue weighted by Gasteiger charge is -2.30. The predicted octanol–water partition coefficient (Wildman–Crippen LogP) is 3.31. The van der Waals surface area contributed by atoms with E-state index in [1.807, 2.05) is 55.5 Å². The fourth-order valence-electron chi connectivity index (χ4n) is 2.46. The minimum absolute atomic E-state index is 0.00991. The number of carbonyl (C=O) groups excluding carboxylic acids is 2. The van der Waals surface area contributed by atoms with Crippen LogP contribution in [0.1, 0.15) is 36.2 Å². The Kier molecular flexibility index (Phi) is 4.53. The van der Waals surface area contributed by atoms with Gasteiger partial charge in [-0.25, -0.2) is 0 Å².